The predicted octanol–water partition coefficient (Wildman–Crippen LogP) is 4.40. The number of hydrogen-bond acceptors (Lipinski definition) is 4. The zero-order valence-corrected chi connectivity index (χ0v) is 18.0. The summed E-state index contributed by atoms with van der Waals surface area (Å²) in [7, 11) is 0. The van der Waals surface area contributed by atoms with Crippen LogP contribution in [-0.2, 0) is 16.1 Å². The summed E-state index contributed by atoms with van der Waals surface area (Å²) in [5, 5.41) is 3.23. The van der Waals surface area contributed by atoms with Gasteiger partial charge in [0, 0.05) is 36.1 Å². The molecule has 2 aromatic carbocycles. The number of rotatable bonds is 7. The third-order valence-electron chi connectivity index (χ3n) is 4.58. The molecule has 3 rings (SSSR count). The Balaban J connectivity index is 1.48. The van der Waals surface area contributed by atoms with Gasteiger partial charge in [0.05, 0.1) is 11.8 Å². The van der Waals surface area contributed by atoms with E-state index in [1.54, 1.807) is 11.8 Å². The Kier molecular flexibility index (Phi) is 7.20. The molecular formula is C23H28N2O3S. The van der Waals surface area contributed by atoms with Gasteiger partial charge in [0.25, 0.3) is 0 Å². The van der Waals surface area contributed by atoms with Crippen molar-refractivity contribution in [1.82, 2.24) is 5.32 Å². The molecule has 2 aromatic rings. The number of para-hydroxylation sites is 1. The number of nitrogens with zero attached hydrogens (tertiary/aromatic N) is 1. The summed E-state index contributed by atoms with van der Waals surface area (Å²) in [6.45, 7) is 7.20. The van der Waals surface area contributed by atoms with E-state index in [-0.39, 0.29) is 30.8 Å². The summed E-state index contributed by atoms with van der Waals surface area (Å²) < 4.78 is 5.62. The molecule has 5 nitrogen and oxygen atoms in total. The lowest BCUT2D eigenvalue weighted by Crippen LogP contribution is -2.39. The van der Waals surface area contributed by atoms with E-state index in [1.807, 2.05) is 67.3 Å². The van der Waals surface area contributed by atoms with E-state index < -0.39 is 0 Å². The Hall–Kier alpha value is -2.47. The predicted molar refractivity (Wildman–Crippen MR) is 117 cm³/mol. The number of fused-ring (bicyclic) bond motifs is 1. The molecule has 0 unspecified atom stereocenters. The van der Waals surface area contributed by atoms with Crippen molar-refractivity contribution < 1.29 is 14.3 Å². The van der Waals surface area contributed by atoms with Gasteiger partial charge >= 0.3 is 0 Å². The highest BCUT2D eigenvalue weighted by atomic mass is 32.2. The number of benzene rings is 2. The van der Waals surface area contributed by atoms with Gasteiger partial charge in [0.15, 0.2) is 0 Å². The van der Waals surface area contributed by atoms with Crippen LogP contribution < -0.4 is 15.0 Å². The zero-order valence-electron chi connectivity index (χ0n) is 17.2. The van der Waals surface area contributed by atoms with E-state index in [1.165, 1.54) is 0 Å². The van der Waals surface area contributed by atoms with Crippen molar-refractivity contribution in [2.45, 2.75) is 56.4 Å². The highest BCUT2D eigenvalue weighted by molar-refractivity contribution is 8.00. The van der Waals surface area contributed by atoms with Gasteiger partial charge in [0.1, 0.15) is 5.75 Å². The van der Waals surface area contributed by atoms with Crippen molar-refractivity contribution in [3.63, 3.8) is 0 Å². The van der Waals surface area contributed by atoms with Gasteiger partial charge in [-0.25, -0.2) is 0 Å². The molecule has 0 bridgehead atoms. The summed E-state index contributed by atoms with van der Waals surface area (Å²) in [5.74, 6) is 0.693. The van der Waals surface area contributed by atoms with Crippen LogP contribution in [0.25, 0.3) is 0 Å². The molecule has 1 atom stereocenters. The minimum atomic E-state index is -0.117. The van der Waals surface area contributed by atoms with Gasteiger partial charge in [-0.2, -0.15) is 0 Å². The molecule has 1 heterocycles. The Bertz CT molecular complexity index is 851. The maximum Gasteiger partial charge on any atom is 0.227 e. The van der Waals surface area contributed by atoms with E-state index >= 15 is 0 Å². The molecule has 0 saturated heterocycles. The van der Waals surface area contributed by atoms with Gasteiger partial charge in [-0.15, -0.1) is 11.8 Å². The highest BCUT2D eigenvalue weighted by Crippen LogP contribution is 2.38. The fraction of sp³-hybridized carbons (Fsp3) is 0.391. The maximum absolute atomic E-state index is 12.7. The Morgan fingerprint density at radius 2 is 1.86 bits per heavy atom. The Morgan fingerprint density at radius 3 is 2.59 bits per heavy atom. The minimum absolute atomic E-state index is 0.00469. The van der Waals surface area contributed by atoms with E-state index in [0.29, 0.717) is 18.3 Å². The van der Waals surface area contributed by atoms with Crippen molar-refractivity contribution >= 4 is 29.3 Å². The molecule has 1 aliphatic heterocycles. The first-order chi connectivity index (χ1) is 13.9. The van der Waals surface area contributed by atoms with Crippen LogP contribution in [0.1, 0.15) is 39.2 Å². The summed E-state index contributed by atoms with van der Waals surface area (Å²) in [4.78, 5) is 27.9. The SMILES string of the molecule is CC(C)Oc1ccc(CNC(=O)CCC(=O)N2C[C@@H](C)Sc3ccccc32)cc1. The third kappa shape index (κ3) is 6.00. The molecular weight excluding hydrogens is 384 g/mol. The Morgan fingerprint density at radius 1 is 1.14 bits per heavy atom. The van der Waals surface area contributed by atoms with Gasteiger partial charge in [-0.05, 0) is 43.7 Å². The smallest absolute Gasteiger partial charge is 0.227 e. The molecule has 0 fully saturated rings. The summed E-state index contributed by atoms with van der Waals surface area (Å²) >= 11 is 1.79. The summed E-state index contributed by atoms with van der Waals surface area (Å²) in [6.07, 6.45) is 0.526. The summed E-state index contributed by atoms with van der Waals surface area (Å²) in [6, 6.07) is 15.6. The molecule has 2 amide bonds. The van der Waals surface area contributed by atoms with Crippen LogP contribution in [0.5, 0.6) is 5.75 Å². The van der Waals surface area contributed by atoms with Crippen molar-refractivity contribution in [1.29, 1.82) is 0 Å². The van der Waals surface area contributed by atoms with Crippen molar-refractivity contribution in [3.8, 4) is 5.75 Å². The largest absolute Gasteiger partial charge is 0.491 e. The second-order valence-electron chi connectivity index (χ2n) is 7.49. The topological polar surface area (TPSA) is 58.6 Å². The molecule has 154 valence electrons. The lowest BCUT2D eigenvalue weighted by molar-refractivity contribution is -0.125. The lowest BCUT2D eigenvalue weighted by Gasteiger charge is -2.32. The first-order valence-electron chi connectivity index (χ1n) is 10.0. The standard InChI is InChI=1S/C23H28N2O3S/c1-16(2)28-19-10-8-18(9-11-19)14-24-22(26)12-13-23(27)25-15-17(3)29-21-7-5-4-6-20(21)25/h4-11,16-17H,12-15H2,1-3H3,(H,24,26)/t17-/m1/s1. The molecule has 0 radical (unpaired) electrons. The fourth-order valence-corrected chi connectivity index (χ4v) is 4.34. The monoisotopic (exact) mass is 412 g/mol. The highest BCUT2D eigenvalue weighted by Gasteiger charge is 2.26. The number of anilines is 1. The van der Waals surface area contributed by atoms with Gasteiger partial charge in [0.2, 0.25) is 11.8 Å². The molecule has 0 aromatic heterocycles. The van der Waals surface area contributed by atoms with Gasteiger partial charge < -0.3 is 15.0 Å². The summed E-state index contributed by atoms with van der Waals surface area (Å²) in [5.41, 5.74) is 1.95. The normalized spacial score (nSPS) is 15.7. The van der Waals surface area contributed by atoms with E-state index in [9.17, 15) is 9.59 Å². The van der Waals surface area contributed by atoms with Crippen LogP contribution in [0.3, 0.4) is 0 Å². The fourth-order valence-electron chi connectivity index (χ4n) is 3.23. The average molecular weight is 413 g/mol. The van der Waals surface area contributed by atoms with E-state index in [0.717, 1.165) is 21.9 Å². The molecule has 29 heavy (non-hydrogen) atoms. The first-order valence-corrected chi connectivity index (χ1v) is 10.9. The first kappa shape index (κ1) is 21.2. The van der Waals surface area contributed by atoms with E-state index in [4.69, 9.17) is 4.74 Å². The number of amides is 2. The number of carbonyl (C=O) groups is 2. The number of carbonyl (C=O) groups excluding carboxylic acids is 2. The zero-order chi connectivity index (χ0) is 20.8. The number of hydrogen-bond donors (Lipinski definition) is 1. The molecule has 0 aliphatic carbocycles. The van der Waals surface area contributed by atoms with Crippen molar-refractivity contribution in [2.24, 2.45) is 0 Å². The number of ether oxygens (including phenoxy) is 1. The number of nitrogens with one attached hydrogen (secondary N) is 1. The quantitative estimate of drug-likeness (QED) is 0.732. The van der Waals surface area contributed by atoms with Crippen LogP contribution in [-0.4, -0.2) is 29.7 Å². The number of thioether (sulfide) groups is 1. The van der Waals surface area contributed by atoms with Crippen LogP contribution in [0, 0.1) is 0 Å². The Labute approximate surface area is 176 Å². The molecule has 0 spiro atoms. The van der Waals surface area contributed by atoms with Gasteiger partial charge in [-0.3, -0.25) is 9.59 Å². The van der Waals surface area contributed by atoms with Crippen molar-refractivity contribution in [2.75, 3.05) is 11.4 Å². The van der Waals surface area contributed by atoms with Crippen LogP contribution in [0.4, 0.5) is 5.69 Å². The van der Waals surface area contributed by atoms with Crippen LogP contribution in [0.2, 0.25) is 0 Å². The molecule has 6 heteroatoms. The van der Waals surface area contributed by atoms with Gasteiger partial charge in [-0.1, -0.05) is 31.2 Å². The molecule has 1 aliphatic rings. The lowest BCUT2D eigenvalue weighted by atomic mass is 10.2. The van der Waals surface area contributed by atoms with E-state index in [2.05, 4.69) is 12.2 Å². The maximum atomic E-state index is 12.7. The van der Waals surface area contributed by atoms with Crippen molar-refractivity contribution in [3.05, 3.63) is 54.1 Å². The average Bonchev–Trinajstić information content (AvgIpc) is 2.70. The van der Waals surface area contributed by atoms with Crippen LogP contribution >= 0.6 is 11.8 Å². The second-order valence-corrected chi connectivity index (χ2v) is 8.97. The molecule has 1 N–H and O–H groups in total. The molecule has 0 saturated carbocycles. The third-order valence-corrected chi connectivity index (χ3v) is 5.73. The second kappa shape index (κ2) is 9.83. The van der Waals surface area contributed by atoms with Crippen LogP contribution in [0.15, 0.2) is 53.4 Å². The minimum Gasteiger partial charge on any atom is -0.491 e.